The van der Waals surface area contributed by atoms with Gasteiger partial charge in [-0.05, 0) is 53.0 Å². The minimum atomic E-state index is 0.0404. The van der Waals surface area contributed by atoms with Crippen LogP contribution in [0.15, 0.2) is 0 Å². The second-order valence-corrected chi connectivity index (χ2v) is 6.30. The molecule has 0 aromatic carbocycles. The van der Waals surface area contributed by atoms with Crippen molar-refractivity contribution in [1.29, 1.82) is 0 Å². The Hall–Kier alpha value is -0.120. The van der Waals surface area contributed by atoms with Gasteiger partial charge in [0.2, 0.25) is 0 Å². The first kappa shape index (κ1) is 13.3. The van der Waals surface area contributed by atoms with Gasteiger partial charge >= 0.3 is 0 Å². The van der Waals surface area contributed by atoms with Crippen molar-refractivity contribution in [2.45, 2.75) is 64.1 Å². The molecule has 1 atom stereocenters. The summed E-state index contributed by atoms with van der Waals surface area (Å²) in [7, 11) is 0. The van der Waals surface area contributed by atoms with Crippen LogP contribution in [-0.2, 0) is 4.74 Å². The van der Waals surface area contributed by atoms with Crippen LogP contribution in [0.3, 0.4) is 0 Å². The van der Waals surface area contributed by atoms with Crippen LogP contribution in [0.1, 0.15) is 46.5 Å². The van der Waals surface area contributed by atoms with E-state index in [0.717, 1.165) is 25.7 Å². The Kier molecular flexibility index (Phi) is 4.45. The SMILES string of the molecule is CC(CCCNC1CC1)N1CCOC(C)(C)C1. The third-order valence-corrected chi connectivity index (χ3v) is 3.89. The van der Waals surface area contributed by atoms with Crippen molar-refractivity contribution in [3.8, 4) is 0 Å². The van der Waals surface area contributed by atoms with Gasteiger partial charge in [-0.2, -0.15) is 0 Å². The van der Waals surface area contributed by atoms with Crippen molar-refractivity contribution >= 4 is 0 Å². The summed E-state index contributed by atoms with van der Waals surface area (Å²) in [5.74, 6) is 0. The Morgan fingerprint density at radius 3 is 2.82 bits per heavy atom. The largest absolute Gasteiger partial charge is 0.373 e. The molecule has 0 bridgehead atoms. The van der Waals surface area contributed by atoms with E-state index in [1.54, 1.807) is 0 Å². The maximum atomic E-state index is 5.76. The lowest BCUT2D eigenvalue weighted by Gasteiger charge is -2.41. The summed E-state index contributed by atoms with van der Waals surface area (Å²) in [5, 5.41) is 3.59. The van der Waals surface area contributed by atoms with Gasteiger partial charge in [0, 0.05) is 25.2 Å². The number of ether oxygens (including phenoxy) is 1. The summed E-state index contributed by atoms with van der Waals surface area (Å²) in [4.78, 5) is 2.58. The molecular formula is C14H28N2O. The van der Waals surface area contributed by atoms with Crippen LogP contribution in [0.2, 0.25) is 0 Å². The van der Waals surface area contributed by atoms with Gasteiger partial charge in [0.25, 0.3) is 0 Å². The van der Waals surface area contributed by atoms with E-state index in [-0.39, 0.29) is 5.60 Å². The first-order chi connectivity index (χ1) is 8.07. The van der Waals surface area contributed by atoms with Crippen molar-refractivity contribution in [3.05, 3.63) is 0 Å². The molecule has 0 amide bonds. The van der Waals surface area contributed by atoms with Crippen LogP contribution in [0.5, 0.6) is 0 Å². The first-order valence-electron chi connectivity index (χ1n) is 7.18. The molecule has 17 heavy (non-hydrogen) atoms. The molecule has 1 saturated heterocycles. The van der Waals surface area contributed by atoms with Gasteiger partial charge in [0.1, 0.15) is 0 Å². The summed E-state index contributed by atoms with van der Waals surface area (Å²) in [6.07, 6.45) is 5.39. The van der Waals surface area contributed by atoms with E-state index in [2.05, 4.69) is 31.0 Å². The second-order valence-electron chi connectivity index (χ2n) is 6.30. The Balaban J connectivity index is 1.62. The zero-order valence-corrected chi connectivity index (χ0v) is 11.7. The molecule has 0 radical (unpaired) electrons. The van der Waals surface area contributed by atoms with Gasteiger partial charge in [0.15, 0.2) is 0 Å². The molecule has 3 heteroatoms. The number of morpholine rings is 1. The van der Waals surface area contributed by atoms with Crippen molar-refractivity contribution in [2.24, 2.45) is 0 Å². The summed E-state index contributed by atoms with van der Waals surface area (Å²) in [5.41, 5.74) is 0.0404. The Bertz CT molecular complexity index is 238. The van der Waals surface area contributed by atoms with Crippen LogP contribution in [0.25, 0.3) is 0 Å². The van der Waals surface area contributed by atoms with Gasteiger partial charge in [-0.3, -0.25) is 4.90 Å². The number of rotatable bonds is 6. The van der Waals surface area contributed by atoms with Crippen LogP contribution in [0.4, 0.5) is 0 Å². The molecule has 2 aliphatic rings. The maximum absolute atomic E-state index is 5.76. The fourth-order valence-corrected chi connectivity index (χ4v) is 2.60. The maximum Gasteiger partial charge on any atom is 0.0753 e. The molecule has 1 saturated carbocycles. The molecule has 2 rings (SSSR count). The molecule has 1 unspecified atom stereocenters. The molecule has 2 fully saturated rings. The van der Waals surface area contributed by atoms with E-state index in [9.17, 15) is 0 Å². The van der Waals surface area contributed by atoms with E-state index in [1.807, 2.05) is 0 Å². The van der Waals surface area contributed by atoms with Crippen LogP contribution in [0, 0.1) is 0 Å². The second kappa shape index (κ2) is 5.68. The standard InChI is InChI=1S/C14H28N2O/c1-12(5-4-8-15-13-6-7-13)16-9-10-17-14(2,3)11-16/h12-13,15H,4-11H2,1-3H3. The minimum absolute atomic E-state index is 0.0404. The first-order valence-corrected chi connectivity index (χ1v) is 7.18. The molecule has 0 aromatic heterocycles. The van der Waals surface area contributed by atoms with Gasteiger partial charge in [-0.15, -0.1) is 0 Å². The van der Waals surface area contributed by atoms with E-state index in [0.29, 0.717) is 6.04 Å². The predicted molar refractivity (Wildman–Crippen MR) is 71.3 cm³/mol. The summed E-state index contributed by atoms with van der Waals surface area (Å²) < 4.78 is 5.76. The lowest BCUT2D eigenvalue weighted by Crippen LogP contribution is -2.51. The number of hydrogen-bond donors (Lipinski definition) is 1. The topological polar surface area (TPSA) is 24.5 Å². The smallest absolute Gasteiger partial charge is 0.0753 e. The molecule has 1 aliphatic heterocycles. The molecule has 0 aromatic rings. The normalized spacial score (nSPS) is 27.0. The predicted octanol–water partition coefficient (Wildman–Crippen LogP) is 2.02. The Morgan fingerprint density at radius 1 is 1.41 bits per heavy atom. The fraction of sp³-hybridized carbons (Fsp3) is 1.00. The van der Waals surface area contributed by atoms with Crippen LogP contribution < -0.4 is 5.32 Å². The highest BCUT2D eigenvalue weighted by atomic mass is 16.5. The summed E-state index contributed by atoms with van der Waals surface area (Å²) in [6, 6.07) is 1.55. The summed E-state index contributed by atoms with van der Waals surface area (Å²) in [6.45, 7) is 11.0. The fourth-order valence-electron chi connectivity index (χ4n) is 2.60. The third-order valence-electron chi connectivity index (χ3n) is 3.89. The average Bonchev–Trinajstić information content (AvgIpc) is 3.06. The van der Waals surface area contributed by atoms with E-state index < -0.39 is 0 Å². The van der Waals surface area contributed by atoms with E-state index in [1.165, 1.54) is 32.2 Å². The molecule has 1 heterocycles. The highest BCUT2D eigenvalue weighted by Crippen LogP contribution is 2.21. The molecule has 0 spiro atoms. The van der Waals surface area contributed by atoms with E-state index in [4.69, 9.17) is 4.74 Å². The van der Waals surface area contributed by atoms with Crippen molar-refractivity contribution < 1.29 is 4.74 Å². The molecule has 3 nitrogen and oxygen atoms in total. The van der Waals surface area contributed by atoms with Crippen LogP contribution in [-0.4, -0.2) is 48.8 Å². The zero-order valence-electron chi connectivity index (χ0n) is 11.7. The number of nitrogens with zero attached hydrogens (tertiary/aromatic N) is 1. The van der Waals surface area contributed by atoms with Gasteiger partial charge < -0.3 is 10.1 Å². The highest BCUT2D eigenvalue weighted by molar-refractivity contribution is 4.83. The van der Waals surface area contributed by atoms with Gasteiger partial charge in [-0.1, -0.05) is 0 Å². The molecule has 100 valence electrons. The zero-order chi connectivity index (χ0) is 12.3. The molecular weight excluding hydrogens is 212 g/mol. The lowest BCUT2D eigenvalue weighted by atomic mass is 10.0. The van der Waals surface area contributed by atoms with Gasteiger partial charge in [-0.25, -0.2) is 0 Å². The highest BCUT2D eigenvalue weighted by Gasteiger charge is 2.29. The van der Waals surface area contributed by atoms with E-state index >= 15 is 0 Å². The number of nitrogens with one attached hydrogen (secondary N) is 1. The Morgan fingerprint density at radius 2 is 2.18 bits per heavy atom. The third kappa shape index (κ3) is 4.57. The van der Waals surface area contributed by atoms with Crippen molar-refractivity contribution in [1.82, 2.24) is 10.2 Å². The number of hydrogen-bond acceptors (Lipinski definition) is 3. The molecule has 1 N–H and O–H groups in total. The monoisotopic (exact) mass is 240 g/mol. The molecule has 1 aliphatic carbocycles. The minimum Gasteiger partial charge on any atom is -0.373 e. The van der Waals surface area contributed by atoms with Gasteiger partial charge in [0.05, 0.1) is 12.2 Å². The quantitative estimate of drug-likeness (QED) is 0.719. The summed E-state index contributed by atoms with van der Waals surface area (Å²) >= 11 is 0. The van der Waals surface area contributed by atoms with Crippen LogP contribution >= 0.6 is 0 Å². The Labute approximate surface area is 106 Å². The average molecular weight is 240 g/mol. The lowest BCUT2D eigenvalue weighted by molar-refractivity contribution is -0.0960. The van der Waals surface area contributed by atoms with Crippen molar-refractivity contribution in [3.63, 3.8) is 0 Å². The van der Waals surface area contributed by atoms with Crippen molar-refractivity contribution in [2.75, 3.05) is 26.2 Å².